The summed E-state index contributed by atoms with van der Waals surface area (Å²) in [5.74, 6) is 0. The molecule has 2 heterocycles. The molecular formula is C24H26N3O2S+. The number of anilines is 1. The molecule has 154 valence electrons. The molecule has 4 rings (SSSR count). The summed E-state index contributed by atoms with van der Waals surface area (Å²) in [6.45, 7) is 6.86. The smallest absolute Gasteiger partial charge is 0.336 e. The van der Waals surface area contributed by atoms with Crippen molar-refractivity contribution in [2.24, 2.45) is 0 Å². The first kappa shape index (κ1) is 20.3. The highest BCUT2D eigenvalue weighted by atomic mass is 32.1. The summed E-state index contributed by atoms with van der Waals surface area (Å²) in [6.07, 6.45) is 4.44. The lowest BCUT2D eigenvalue weighted by atomic mass is 10.1. The molecule has 0 aliphatic carbocycles. The van der Waals surface area contributed by atoms with Crippen molar-refractivity contribution in [1.29, 1.82) is 0 Å². The Kier molecular flexibility index (Phi) is 6.26. The predicted molar refractivity (Wildman–Crippen MR) is 126 cm³/mol. The fourth-order valence-electron chi connectivity index (χ4n) is 3.76. The molecule has 0 spiro atoms. The first-order chi connectivity index (χ1) is 14.6. The van der Waals surface area contributed by atoms with E-state index in [0.717, 1.165) is 49.4 Å². The molecule has 5 nitrogen and oxygen atoms in total. The van der Waals surface area contributed by atoms with Gasteiger partial charge in [-0.15, -0.1) is 0 Å². The van der Waals surface area contributed by atoms with E-state index in [2.05, 4.69) is 46.6 Å². The van der Waals surface area contributed by atoms with Gasteiger partial charge in [-0.3, -0.25) is 0 Å². The minimum Gasteiger partial charge on any atom is -0.423 e. The summed E-state index contributed by atoms with van der Waals surface area (Å²) < 4.78 is 5.33. The van der Waals surface area contributed by atoms with Crippen molar-refractivity contribution >= 4 is 40.1 Å². The van der Waals surface area contributed by atoms with E-state index >= 15 is 0 Å². The zero-order valence-electron chi connectivity index (χ0n) is 17.1. The lowest BCUT2D eigenvalue weighted by molar-refractivity contribution is -0.897. The molecule has 1 fully saturated rings. The zero-order valence-corrected chi connectivity index (χ0v) is 17.9. The lowest BCUT2D eigenvalue weighted by Crippen LogP contribution is -3.14. The van der Waals surface area contributed by atoms with E-state index in [9.17, 15) is 4.79 Å². The van der Waals surface area contributed by atoms with Gasteiger partial charge in [0.25, 0.3) is 0 Å². The quantitative estimate of drug-likeness (QED) is 0.502. The van der Waals surface area contributed by atoms with Crippen LogP contribution in [-0.4, -0.2) is 42.7 Å². The SMILES string of the molecule is Cc1cc(=O)oc2cc(NC(=S)N3CC[NH+](C/C=C/c4ccccc4)CC3)ccc12. The van der Waals surface area contributed by atoms with Crippen LogP contribution < -0.4 is 15.8 Å². The fraction of sp³-hybridized carbons (Fsp3) is 0.250. The second-order valence-electron chi connectivity index (χ2n) is 7.64. The first-order valence-electron chi connectivity index (χ1n) is 10.2. The molecule has 3 aromatic rings. The number of nitrogens with zero attached hydrogens (tertiary/aromatic N) is 1. The second kappa shape index (κ2) is 9.24. The summed E-state index contributed by atoms with van der Waals surface area (Å²) in [5.41, 5.74) is 3.23. The molecule has 0 atom stereocenters. The Morgan fingerprint density at radius 1 is 1.17 bits per heavy atom. The molecule has 30 heavy (non-hydrogen) atoms. The molecule has 0 unspecified atom stereocenters. The molecule has 0 amide bonds. The van der Waals surface area contributed by atoms with Crippen molar-refractivity contribution in [3.05, 3.63) is 82.2 Å². The van der Waals surface area contributed by atoms with Crippen LogP contribution in [0.5, 0.6) is 0 Å². The molecule has 2 N–H and O–H groups in total. The molecule has 1 aromatic heterocycles. The highest BCUT2D eigenvalue weighted by molar-refractivity contribution is 7.80. The van der Waals surface area contributed by atoms with Gasteiger partial charge in [0.05, 0.1) is 32.7 Å². The minimum absolute atomic E-state index is 0.333. The summed E-state index contributed by atoms with van der Waals surface area (Å²) in [5, 5.41) is 4.94. The van der Waals surface area contributed by atoms with Crippen LogP contribution in [0.3, 0.4) is 0 Å². The van der Waals surface area contributed by atoms with Crippen molar-refractivity contribution < 1.29 is 9.32 Å². The third-order valence-electron chi connectivity index (χ3n) is 5.48. The Hall–Kier alpha value is -2.96. The number of rotatable bonds is 4. The number of thiocarbonyl (C=S) groups is 1. The number of nitrogens with one attached hydrogen (secondary N) is 2. The van der Waals surface area contributed by atoms with Gasteiger partial charge in [0.15, 0.2) is 5.11 Å². The maximum Gasteiger partial charge on any atom is 0.336 e. The largest absolute Gasteiger partial charge is 0.423 e. The average Bonchev–Trinajstić information content (AvgIpc) is 2.74. The maximum absolute atomic E-state index is 11.6. The van der Waals surface area contributed by atoms with Gasteiger partial charge in [-0.2, -0.15) is 0 Å². The number of aryl methyl sites for hydroxylation is 1. The average molecular weight is 421 g/mol. The first-order valence-corrected chi connectivity index (χ1v) is 10.6. The molecule has 1 aliphatic heterocycles. The van der Waals surface area contributed by atoms with E-state index < -0.39 is 0 Å². The Bertz CT molecular complexity index is 1120. The molecule has 0 radical (unpaired) electrons. The molecule has 0 saturated carbocycles. The van der Waals surface area contributed by atoms with Crippen LogP contribution in [-0.2, 0) is 0 Å². The minimum atomic E-state index is -0.333. The molecule has 6 heteroatoms. The highest BCUT2D eigenvalue weighted by Gasteiger charge is 2.21. The summed E-state index contributed by atoms with van der Waals surface area (Å²) in [7, 11) is 0. The van der Waals surface area contributed by atoms with Gasteiger partial charge in [-0.25, -0.2) is 4.79 Å². The monoisotopic (exact) mass is 420 g/mol. The van der Waals surface area contributed by atoms with Gasteiger partial charge < -0.3 is 19.5 Å². The van der Waals surface area contributed by atoms with Gasteiger partial charge in [-0.05, 0) is 48.5 Å². The molecule has 1 saturated heterocycles. The number of benzene rings is 2. The number of fused-ring (bicyclic) bond motifs is 1. The van der Waals surface area contributed by atoms with Gasteiger partial charge in [-0.1, -0.05) is 36.4 Å². The highest BCUT2D eigenvalue weighted by Crippen LogP contribution is 2.21. The van der Waals surface area contributed by atoms with Gasteiger partial charge in [0.1, 0.15) is 5.58 Å². The van der Waals surface area contributed by atoms with Crippen molar-refractivity contribution in [1.82, 2.24) is 4.90 Å². The van der Waals surface area contributed by atoms with E-state index in [4.69, 9.17) is 16.6 Å². The summed E-state index contributed by atoms with van der Waals surface area (Å²) in [6, 6.07) is 17.7. The number of hydrogen-bond donors (Lipinski definition) is 2. The Morgan fingerprint density at radius 2 is 1.93 bits per heavy atom. The Balaban J connectivity index is 1.31. The van der Waals surface area contributed by atoms with Crippen LogP contribution in [0.15, 0.2) is 69.9 Å². The number of quaternary nitrogens is 1. The van der Waals surface area contributed by atoms with Crippen molar-refractivity contribution in [2.45, 2.75) is 6.92 Å². The Morgan fingerprint density at radius 3 is 2.70 bits per heavy atom. The van der Waals surface area contributed by atoms with E-state index in [-0.39, 0.29) is 5.63 Å². The standard InChI is InChI=1S/C24H25N3O2S/c1-18-16-23(28)29-22-17-20(9-10-21(18)22)25-24(30)27-14-12-26(13-15-27)11-5-8-19-6-3-2-4-7-19/h2-10,16-17H,11-15H2,1H3,(H,25,30)/p+1/b8-5+. The number of hydrogen-bond acceptors (Lipinski definition) is 3. The van der Waals surface area contributed by atoms with Crippen LogP contribution in [0.2, 0.25) is 0 Å². The topological polar surface area (TPSA) is 49.9 Å². The molecule has 2 aromatic carbocycles. The van der Waals surface area contributed by atoms with Crippen LogP contribution in [0.4, 0.5) is 5.69 Å². The molecular weight excluding hydrogens is 394 g/mol. The Labute approximate surface area is 181 Å². The van der Waals surface area contributed by atoms with Gasteiger partial charge in [0, 0.05) is 23.2 Å². The maximum atomic E-state index is 11.6. The van der Waals surface area contributed by atoms with E-state index in [1.165, 1.54) is 11.6 Å². The summed E-state index contributed by atoms with van der Waals surface area (Å²) >= 11 is 5.62. The number of piperazine rings is 1. The third-order valence-corrected chi connectivity index (χ3v) is 5.84. The van der Waals surface area contributed by atoms with Crippen LogP contribution in [0.1, 0.15) is 11.1 Å². The predicted octanol–water partition coefficient (Wildman–Crippen LogP) is 2.71. The summed E-state index contributed by atoms with van der Waals surface area (Å²) in [4.78, 5) is 15.4. The molecule has 1 aliphatic rings. The van der Waals surface area contributed by atoms with E-state index in [1.54, 1.807) is 4.90 Å². The fourth-order valence-corrected chi connectivity index (χ4v) is 4.06. The third kappa shape index (κ3) is 4.96. The van der Waals surface area contributed by atoms with Gasteiger partial charge in [0.2, 0.25) is 0 Å². The van der Waals surface area contributed by atoms with Crippen molar-refractivity contribution in [3.8, 4) is 0 Å². The zero-order chi connectivity index (χ0) is 20.9. The lowest BCUT2D eigenvalue weighted by Gasteiger charge is -2.33. The van der Waals surface area contributed by atoms with Gasteiger partial charge >= 0.3 is 5.63 Å². The second-order valence-corrected chi connectivity index (χ2v) is 8.03. The normalized spacial score (nSPS) is 15.0. The van der Waals surface area contributed by atoms with E-state index in [1.807, 2.05) is 31.2 Å². The van der Waals surface area contributed by atoms with Crippen LogP contribution in [0.25, 0.3) is 17.0 Å². The van der Waals surface area contributed by atoms with Crippen molar-refractivity contribution in [3.63, 3.8) is 0 Å². The van der Waals surface area contributed by atoms with Crippen LogP contribution >= 0.6 is 12.2 Å². The van der Waals surface area contributed by atoms with E-state index in [0.29, 0.717) is 10.7 Å². The molecule has 0 bridgehead atoms. The van der Waals surface area contributed by atoms with Crippen LogP contribution in [0, 0.1) is 6.92 Å². The van der Waals surface area contributed by atoms with Crippen molar-refractivity contribution in [2.75, 3.05) is 38.0 Å².